The minimum atomic E-state index is -0.493. The average Bonchev–Trinajstić information content (AvgIpc) is 2.48. The summed E-state index contributed by atoms with van der Waals surface area (Å²) in [7, 11) is 0. The molecule has 1 saturated heterocycles. The number of hydrogen-bond acceptors (Lipinski definition) is 4. The monoisotopic (exact) mass is 294 g/mol. The van der Waals surface area contributed by atoms with E-state index in [2.05, 4.69) is 0 Å². The summed E-state index contributed by atoms with van der Waals surface area (Å²) in [5.74, 6) is -0.731. The van der Waals surface area contributed by atoms with Gasteiger partial charge in [0.15, 0.2) is 5.78 Å². The maximum Gasteiger partial charge on any atom is 0.409 e. The van der Waals surface area contributed by atoms with Crippen LogP contribution < -0.4 is 0 Å². The SMILES string of the molecule is CCOC(=O)N1CCN(CC(=O)c2ccccc2F)CC1. The minimum Gasteiger partial charge on any atom is -0.450 e. The molecule has 1 heterocycles. The first-order valence-corrected chi connectivity index (χ1v) is 7.03. The molecular formula is C15H19FN2O3. The summed E-state index contributed by atoms with van der Waals surface area (Å²) in [6.45, 7) is 4.48. The lowest BCUT2D eigenvalue weighted by molar-refractivity contribution is 0.0731. The molecule has 1 aromatic rings. The van der Waals surface area contributed by atoms with E-state index in [4.69, 9.17) is 4.74 Å². The van der Waals surface area contributed by atoms with Crippen LogP contribution >= 0.6 is 0 Å². The lowest BCUT2D eigenvalue weighted by Gasteiger charge is -2.33. The molecule has 114 valence electrons. The van der Waals surface area contributed by atoms with E-state index in [-0.39, 0.29) is 24.0 Å². The van der Waals surface area contributed by atoms with Crippen molar-refractivity contribution in [1.29, 1.82) is 0 Å². The Morgan fingerprint density at radius 3 is 2.48 bits per heavy atom. The Morgan fingerprint density at radius 1 is 1.19 bits per heavy atom. The van der Waals surface area contributed by atoms with Crippen molar-refractivity contribution in [2.45, 2.75) is 6.92 Å². The Morgan fingerprint density at radius 2 is 1.86 bits per heavy atom. The van der Waals surface area contributed by atoms with Crippen molar-refractivity contribution in [3.63, 3.8) is 0 Å². The molecule has 1 aliphatic rings. The predicted octanol–water partition coefficient (Wildman–Crippen LogP) is 1.78. The van der Waals surface area contributed by atoms with Gasteiger partial charge >= 0.3 is 6.09 Å². The molecule has 2 rings (SSSR count). The summed E-state index contributed by atoms with van der Waals surface area (Å²) in [6, 6.07) is 5.98. The number of hydrogen-bond donors (Lipinski definition) is 0. The van der Waals surface area contributed by atoms with Crippen LogP contribution in [0.5, 0.6) is 0 Å². The molecule has 0 aliphatic carbocycles. The number of piperazine rings is 1. The van der Waals surface area contributed by atoms with Crippen molar-refractivity contribution in [1.82, 2.24) is 9.80 Å². The van der Waals surface area contributed by atoms with Crippen molar-refractivity contribution in [2.24, 2.45) is 0 Å². The van der Waals surface area contributed by atoms with Crippen LogP contribution in [0.3, 0.4) is 0 Å². The molecule has 0 unspecified atom stereocenters. The number of nitrogens with zero attached hydrogens (tertiary/aromatic N) is 2. The lowest BCUT2D eigenvalue weighted by atomic mass is 10.1. The van der Waals surface area contributed by atoms with Gasteiger partial charge in [-0.15, -0.1) is 0 Å². The van der Waals surface area contributed by atoms with Crippen molar-refractivity contribution in [3.05, 3.63) is 35.6 Å². The molecule has 0 spiro atoms. The topological polar surface area (TPSA) is 49.9 Å². The van der Waals surface area contributed by atoms with Gasteiger partial charge in [0.2, 0.25) is 0 Å². The first-order chi connectivity index (χ1) is 10.1. The number of halogens is 1. The van der Waals surface area contributed by atoms with Crippen molar-refractivity contribution in [2.75, 3.05) is 39.3 Å². The van der Waals surface area contributed by atoms with Gasteiger partial charge in [0.05, 0.1) is 18.7 Å². The normalized spacial score (nSPS) is 15.8. The van der Waals surface area contributed by atoms with Gasteiger partial charge < -0.3 is 9.64 Å². The molecule has 6 heteroatoms. The van der Waals surface area contributed by atoms with Gasteiger partial charge in [-0.05, 0) is 19.1 Å². The zero-order valence-corrected chi connectivity index (χ0v) is 12.0. The molecule has 1 amide bonds. The van der Waals surface area contributed by atoms with E-state index < -0.39 is 5.82 Å². The molecule has 5 nitrogen and oxygen atoms in total. The number of carbonyl (C=O) groups excluding carboxylic acids is 2. The summed E-state index contributed by atoms with van der Waals surface area (Å²) in [6.07, 6.45) is -0.322. The molecule has 0 atom stereocenters. The number of ketones is 1. The van der Waals surface area contributed by atoms with Crippen LogP contribution in [0, 0.1) is 5.82 Å². The van der Waals surface area contributed by atoms with Crippen LogP contribution in [-0.4, -0.2) is 61.0 Å². The van der Waals surface area contributed by atoms with Crippen LogP contribution in [0.25, 0.3) is 0 Å². The van der Waals surface area contributed by atoms with E-state index in [9.17, 15) is 14.0 Å². The molecule has 0 aromatic heterocycles. The number of rotatable bonds is 4. The summed E-state index contributed by atoms with van der Waals surface area (Å²) < 4.78 is 18.5. The fourth-order valence-electron chi connectivity index (χ4n) is 2.28. The van der Waals surface area contributed by atoms with E-state index in [1.54, 1.807) is 24.0 Å². The number of Topliss-reactive ketones (excluding diaryl/α,β-unsaturated/α-hetero) is 1. The summed E-state index contributed by atoms with van der Waals surface area (Å²) in [5, 5.41) is 0. The highest BCUT2D eigenvalue weighted by Crippen LogP contribution is 2.10. The third-order valence-corrected chi connectivity index (χ3v) is 3.44. The summed E-state index contributed by atoms with van der Waals surface area (Å²) >= 11 is 0. The largest absolute Gasteiger partial charge is 0.450 e. The van der Waals surface area contributed by atoms with Gasteiger partial charge in [0, 0.05) is 26.2 Å². The molecule has 0 radical (unpaired) electrons. The minimum absolute atomic E-state index is 0.116. The summed E-state index contributed by atoms with van der Waals surface area (Å²) in [5.41, 5.74) is 0.116. The number of amides is 1. The first-order valence-electron chi connectivity index (χ1n) is 7.03. The van der Waals surface area contributed by atoms with Crippen LogP contribution in [0.15, 0.2) is 24.3 Å². The molecule has 21 heavy (non-hydrogen) atoms. The van der Waals surface area contributed by atoms with E-state index in [1.165, 1.54) is 12.1 Å². The Bertz CT molecular complexity index is 513. The highest BCUT2D eigenvalue weighted by Gasteiger charge is 2.24. The lowest BCUT2D eigenvalue weighted by Crippen LogP contribution is -2.50. The standard InChI is InChI=1S/C15H19FN2O3/c1-2-21-15(20)18-9-7-17(8-10-18)11-14(19)12-5-3-4-6-13(12)16/h3-6H,2,7-11H2,1H3. The summed E-state index contributed by atoms with van der Waals surface area (Å²) in [4.78, 5) is 27.2. The average molecular weight is 294 g/mol. The Balaban J connectivity index is 1.85. The third-order valence-electron chi connectivity index (χ3n) is 3.44. The number of carbonyl (C=O) groups is 2. The van der Waals surface area contributed by atoms with Crippen molar-refractivity contribution < 1.29 is 18.7 Å². The Labute approximate surface area is 123 Å². The maximum atomic E-state index is 13.5. The second kappa shape index (κ2) is 7.17. The van der Waals surface area contributed by atoms with Gasteiger partial charge in [-0.2, -0.15) is 0 Å². The van der Waals surface area contributed by atoms with E-state index in [0.717, 1.165) is 0 Å². The zero-order chi connectivity index (χ0) is 15.2. The van der Waals surface area contributed by atoms with Gasteiger partial charge in [0.25, 0.3) is 0 Å². The highest BCUT2D eigenvalue weighted by molar-refractivity contribution is 5.97. The molecular weight excluding hydrogens is 275 g/mol. The highest BCUT2D eigenvalue weighted by atomic mass is 19.1. The van der Waals surface area contributed by atoms with E-state index in [0.29, 0.717) is 32.8 Å². The van der Waals surface area contributed by atoms with Crippen LogP contribution in [-0.2, 0) is 4.74 Å². The number of benzene rings is 1. The van der Waals surface area contributed by atoms with E-state index >= 15 is 0 Å². The van der Waals surface area contributed by atoms with Gasteiger partial charge in [-0.3, -0.25) is 9.69 Å². The Hall–Kier alpha value is -1.95. The Kier molecular flexibility index (Phi) is 5.27. The van der Waals surface area contributed by atoms with Crippen LogP contribution in [0.2, 0.25) is 0 Å². The van der Waals surface area contributed by atoms with Gasteiger partial charge in [-0.25, -0.2) is 9.18 Å². The molecule has 0 saturated carbocycles. The molecule has 0 bridgehead atoms. The van der Waals surface area contributed by atoms with Crippen LogP contribution in [0.4, 0.5) is 9.18 Å². The van der Waals surface area contributed by atoms with E-state index in [1.807, 2.05) is 4.90 Å². The molecule has 1 aromatic carbocycles. The maximum absolute atomic E-state index is 13.5. The number of ether oxygens (including phenoxy) is 1. The second-order valence-corrected chi connectivity index (χ2v) is 4.87. The predicted molar refractivity (Wildman–Crippen MR) is 75.8 cm³/mol. The molecule has 1 fully saturated rings. The van der Waals surface area contributed by atoms with Crippen molar-refractivity contribution >= 4 is 11.9 Å². The fraction of sp³-hybridized carbons (Fsp3) is 0.467. The smallest absolute Gasteiger partial charge is 0.409 e. The first kappa shape index (κ1) is 15.4. The van der Waals surface area contributed by atoms with Gasteiger partial charge in [-0.1, -0.05) is 12.1 Å². The third kappa shape index (κ3) is 4.01. The molecule has 1 aliphatic heterocycles. The molecule has 0 N–H and O–H groups in total. The zero-order valence-electron chi connectivity index (χ0n) is 12.0. The quantitative estimate of drug-likeness (QED) is 0.794. The van der Waals surface area contributed by atoms with Gasteiger partial charge in [0.1, 0.15) is 5.82 Å². The fourth-order valence-corrected chi connectivity index (χ4v) is 2.28. The van der Waals surface area contributed by atoms with Crippen molar-refractivity contribution in [3.8, 4) is 0 Å². The van der Waals surface area contributed by atoms with Crippen LogP contribution in [0.1, 0.15) is 17.3 Å². The second-order valence-electron chi connectivity index (χ2n) is 4.87.